The van der Waals surface area contributed by atoms with E-state index in [0.717, 1.165) is 0 Å². The highest BCUT2D eigenvalue weighted by Gasteiger charge is 2.56. The summed E-state index contributed by atoms with van der Waals surface area (Å²) in [5.41, 5.74) is 0. The molecule has 0 fully saturated rings. The summed E-state index contributed by atoms with van der Waals surface area (Å²) >= 11 is 0. The van der Waals surface area contributed by atoms with Crippen LogP contribution in [0.15, 0.2) is 0 Å². The molecular formula is C8H13F5OS. The molecule has 0 radical (unpaired) electrons. The van der Waals surface area contributed by atoms with Gasteiger partial charge in [-0.05, 0) is 12.8 Å². The maximum Gasteiger partial charge on any atom is 0.453 e. The number of rotatable bonds is 6. The molecule has 0 aliphatic rings. The molecule has 1 nitrogen and oxygen atoms in total. The first kappa shape index (κ1) is 14.8. The van der Waals surface area contributed by atoms with Crippen molar-refractivity contribution in [2.45, 2.75) is 38.3 Å². The largest absolute Gasteiger partial charge is 0.453 e. The van der Waals surface area contributed by atoms with Crippen molar-refractivity contribution in [3.63, 3.8) is 0 Å². The van der Waals surface area contributed by atoms with E-state index in [-0.39, 0.29) is 12.2 Å². The third-order valence-electron chi connectivity index (χ3n) is 1.71. The van der Waals surface area contributed by atoms with Crippen LogP contribution in [0.25, 0.3) is 0 Å². The Bertz CT molecular complexity index is 214. The van der Waals surface area contributed by atoms with E-state index in [0.29, 0.717) is 12.2 Å². The molecule has 0 spiro atoms. The molecule has 0 aromatic rings. The van der Waals surface area contributed by atoms with Gasteiger partial charge in [0.15, 0.2) is 0 Å². The van der Waals surface area contributed by atoms with Gasteiger partial charge in [0.1, 0.15) is 0 Å². The van der Waals surface area contributed by atoms with Crippen LogP contribution in [0.4, 0.5) is 22.0 Å². The van der Waals surface area contributed by atoms with Gasteiger partial charge in [-0.1, -0.05) is 6.92 Å². The van der Waals surface area contributed by atoms with Crippen LogP contribution >= 0.6 is 0 Å². The lowest BCUT2D eigenvalue weighted by Crippen LogP contribution is -2.36. The van der Waals surface area contributed by atoms with E-state index in [9.17, 15) is 26.2 Å². The fourth-order valence-corrected chi connectivity index (χ4v) is 2.05. The molecule has 7 heteroatoms. The van der Waals surface area contributed by atoms with Crippen molar-refractivity contribution in [2.24, 2.45) is 0 Å². The molecule has 0 saturated heterocycles. The molecule has 0 aromatic carbocycles. The molecule has 1 atom stereocenters. The summed E-state index contributed by atoms with van der Waals surface area (Å²) in [6, 6.07) is 0. The second-order valence-electron chi connectivity index (χ2n) is 3.15. The molecule has 0 aliphatic carbocycles. The summed E-state index contributed by atoms with van der Waals surface area (Å²) in [5.74, 6) is -4.42. The van der Waals surface area contributed by atoms with Crippen LogP contribution in [0.5, 0.6) is 0 Å². The Hall–Kier alpha value is -0.200. The second kappa shape index (κ2) is 5.77. The third-order valence-corrected chi connectivity index (χ3v) is 3.32. The monoisotopic (exact) mass is 252 g/mol. The zero-order valence-electron chi connectivity index (χ0n) is 8.24. The van der Waals surface area contributed by atoms with E-state index < -0.39 is 29.3 Å². The molecular weight excluding hydrogens is 239 g/mol. The van der Waals surface area contributed by atoms with Gasteiger partial charge in [-0.25, -0.2) is 0 Å². The smallest absolute Gasteiger partial charge is 0.260 e. The third kappa shape index (κ3) is 5.44. The topological polar surface area (TPSA) is 17.1 Å². The fraction of sp³-hybridized carbons (Fsp3) is 1.00. The summed E-state index contributed by atoms with van der Waals surface area (Å²) in [6.45, 7) is 1.77. The predicted octanol–water partition coefficient (Wildman–Crippen LogP) is 3.12. The Morgan fingerprint density at radius 1 is 1.07 bits per heavy atom. The maximum atomic E-state index is 12.3. The first-order valence-corrected chi connectivity index (χ1v) is 5.99. The lowest BCUT2D eigenvalue weighted by molar-refractivity contribution is -0.284. The minimum absolute atomic E-state index is 0.0977. The molecule has 0 bridgehead atoms. The van der Waals surface area contributed by atoms with Gasteiger partial charge >= 0.3 is 12.1 Å². The van der Waals surface area contributed by atoms with E-state index in [4.69, 9.17) is 0 Å². The van der Waals surface area contributed by atoms with Gasteiger partial charge in [0.2, 0.25) is 0 Å². The first-order chi connectivity index (χ1) is 6.70. The van der Waals surface area contributed by atoms with E-state index in [1.807, 2.05) is 0 Å². The molecule has 0 saturated carbocycles. The Balaban J connectivity index is 3.91. The van der Waals surface area contributed by atoms with Gasteiger partial charge in [0, 0.05) is 28.7 Å². The molecule has 0 amide bonds. The Labute approximate surface area is 87.5 Å². The van der Waals surface area contributed by atoms with Crippen LogP contribution in [0.1, 0.15) is 26.2 Å². The first-order valence-electron chi connectivity index (χ1n) is 4.50. The van der Waals surface area contributed by atoms with Crippen LogP contribution in [-0.2, 0) is 10.8 Å². The highest BCUT2D eigenvalue weighted by Crippen LogP contribution is 2.38. The van der Waals surface area contributed by atoms with Crippen LogP contribution in [0.3, 0.4) is 0 Å². The number of halogens is 5. The lowest BCUT2D eigenvalue weighted by Gasteiger charge is -2.18. The zero-order valence-corrected chi connectivity index (χ0v) is 9.06. The summed E-state index contributed by atoms with van der Waals surface area (Å²) in [7, 11) is -1.28. The van der Waals surface area contributed by atoms with Gasteiger partial charge in [-0.3, -0.25) is 4.21 Å². The zero-order chi connectivity index (χ0) is 12.1. The minimum Gasteiger partial charge on any atom is -0.260 e. The van der Waals surface area contributed by atoms with E-state index in [2.05, 4.69) is 0 Å². The molecule has 0 aliphatic heterocycles. The highest BCUT2D eigenvalue weighted by atomic mass is 32.2. The van der Waals surface area contributed by atoms with Gasteiger partial charge in [0.25, 0.3) is 0 Å². The quantitative estimate of drug-likeness (QED) is 0.664. The molecule has 0 heterocycles. The standard InChI is InChI=1S/C8H13F5OS/c1-2-5-15(14)6-3-4-7(9,10)8(11,12)13/h2-6H2,1H3. The Morgan fingerprint density at radius 2 is 1.60 bits per heavy atom. The molecule has 92 valence electrons. The van der Waals surface area contributed by atoms with Gasteiger partial charge < -0.3 is 0 Å². The van der Waals surface area contributed by atoms with Gasteiger partial charge in [-0.2, -0.15) is 22.0 Å². The van der Waals surface area contributed by atoms with Crippen molar-refractivity contribution in [1.82, 2.24) is 0 Å². The Morgan fingerprint density at radius 3 is 2.00 bits per heavy atom. The maximum absolute atomic E-state index is 12.3. The lowest BCUT2D eigenvalue weighted by atomic mass is 10.2. The fourth-order valence-electron chi connectivity index (χ4n) is 0.927. The van der Waals surface area contributed by atoms with Gasteiger partial charge in [-0.15, -0.1) is 0 Å². The molecule has 0 rings (SSSR count). The molecule has 0 aromatic heterocycles. The second-order valence-corrected chi connectivity index (χ2v) is 4.85. The van der Waals surface area contributed by atoms with Crippen molar-refractivity contribution >= 4 is 10.8 Å². The molecule has 15 heavy (non-hydrogen) atoms. The van der Waals surface area contributed by atoms with E-state index in [1.165, 1.54) is 0 Å². The average Bonchev–Trinajstić information content (AvgIpc) is 2.01. The summed E-state index contributed by atoms with van der Waals surface area (Å²) < 4.78 is 70.7. The van der Waals surface area contributed by atoms with Crippen LogP contribution in [-0.4, -0.2) is 27.8 Å². The van der Waals surface area contributed by atoms with E-state index >= 15 is 0 Å². The van der Waals surface area contributed by atoms with Crippen LogP contribution < -0.4 is 0 Å². The van der Waals surface area contributed by atoms with Crippen molar-refractivity contribution in [1.29, 1.82) is 0 Å². The van der Waals surface area contributed by atoms with Crippen LogP contribution in [0.2, 0.25) is 0 Å². The summed E-state index contributed by atoms with van der Waals surface area (Å²) in [4.78, 5) is 0. The summed E-state index contributed by atoms with van der Waals surface area (Å²) in [6.07, 6.45) is -6.54. The van der Waals surface area contributed by atoms with Crippen molar-refractivity contribution in [3.05, 3.63) is 0 Å². The average molecular weight is 252 g/mol. The SMILES string of the molecule is CCCS(=O)CCCC(F)(F)C(F)(F)F. The number of hydrogen-bond donors (Lipinski definition) is 0. The molecule has 0 N–H and O–H groups in total. The van der Waals surface area contributed by atoms with Crippen molar-refractivity contribution < 1.29 is 26.2 Å². The van der Waals surface area contributed by atoms with Gasteiger partial charge in [0.05, 0.1) is 0 Å². The van der Waals surface area contributed by atoms with E-state index in [1.54, 1.807) is 6.92 Å². The normalized spacial score (nSPS) is 15.3. The predicted molar refractivity (Wildman–Crippen MR) is 48.4 cm³/mol. The Kier molecular flexibility index (Phi) is 5.69. The van der Waals surface area contributed by atoms with Crippen molar-refractivity contribution in [3.8, 4) is 0 Å². The van der Waals surface area contributed by atoms with Crippen LogP contribution in [0, 0.1) is 0 Å². The highest BCUT2D eigenvalue weighted by molar-refractivity contribution is 7.84. The number of hydrogen-bond acceptors (Lipinski definition) is 1. The summed E-state index contributed by atoms with van der Waals surface area (Å²) in [5, 5.41) is 0. The molecule has 1 unspecified atom stereocenters. The van der Waals surface area contributed by atoms with Crippen molar-refractivity contribution in [2.75, 3.05) is 11.5 Å². The number of alkyl halides is 5. The minimum atomic E-state index is -5.50.